The summed E-state index contributed by atoms with van der Waals surface area (Å²) in [7, 11) is 4.13. The Bertz CT molecular complexity index is 1680. The summed E-state index contributed by atoms with van der Waals surface area (Å²) in [5.74, 6) is 0.146. The van der Waals surface area contributed by atoms with Crippen LogP contribution in [0, 0.1) is 11.2 Å². The number of aromatic nitrogens is 2. The molecule has 1 aliphatic carbocycles. The normalized spacial score (nSPS) is 23.1. The highest BCUT2D eigenvalue weighted by atomic mass is 35.5. The molecule has 2 bridgehead atoms. The van der Waals surface area contributed by atoms with E-state index in [0.717, 1.165) is 56.1 Å². The van der Waals surface area contributed by atoms with Crippen molar-refractivity contribution < 1.29 is 14.2 Å². The van der Waals surface area contributed by atoms with E-state index in [4.69, 9.17) is 21.3 Å². The van der Waals surface area contributed by atoms with Crippen LogP contribution in [-0.2, 0) is 0 Å². The number of phenolic OH excluding ortho intramolecular Hbond substituents is 1. The van der Waals surface area contributed by atoms with Gasteiger partial charge < -0.3 is 25.0 Å². The molecule has 7 rings (SSSR count). The van der Waals surface area contributed by atoms with E-state index in [0.29, 0.717) is 29.4 Å². The SMILES string of the molecule is CN(C)CC1(COc2nc(N3C[C@@H]4CC[C@@](C)(C3)N4)c3cc(Cl)c(-c4cc(O)cc5ccccc45)c(F)c3n2)CC1. The van der Waals surface area contributed by atoms with Crippen molar-refractivity contribution >= 4 is 39.1 Å². The number of phenols is 1. The van der Waals surface area contributed by atoms with Crippen molar-refractivity contribution in [1.29, 1.82) is 0 Å². The van der Waals surface area contributed by atoms with Gasteiger partial charge in [-0.15, -0.1) is 0 Å². The Labute approximate surface area is 244 Å². The van der Waals surface area contributed by atoms with E-state index in [2.05, 4.69) is 41.1 Å². The third kappa shape index (κ3) is 4.86. The maximum atomic E-state index is 16.8. The van der Waals surface area contributed by atoms with Crippen LogP contribution < -0.4 is 15.0 Å². The van der Waals surface area contributed by atoms with Gasteiger partial charge in [-0.2, -0.15) is 9.97 Å². The van der Waals surface area contributed by atoms with Crippen molar-refractivity contribution in [2.45, 2.75) is 44.2 Å². The zero-order valence-corrected chi connectivity index (χ0v) is 24.4. The van der Waals surface area contributed by atoms with Crippen molar-refractivity contribution in [3.8, 4) is 22.9 Å². The molecular weight excluding hydrogens is 541 g/mol. The molecule has 0 spiro atoms. The molecule has 41 heavy (non-hydrogen) atoms. The van der Waals surface area contributed by atoms with Gasteiger partial charge in [0.1, 0.15) is 17.1 Å². The minimum absolute atomic E-state index is 0.0340. The molecule has 3 heterocycles. The molecule has 0 radical (unpaired) electrons. The third-order valence-electron chi connectivity index (χ3n) is 8.95. The monoisotopic (exact) mass is 575 g/mol. The lowest BCUT2D eigenvalue weighted by Crippen LogP contribution is -2.58. The molecule has 0 amide bonds. The average Bonchev–Trinajstić information content (AvgIpc) is 3.62. The third-order valence-corrected chi connectivity index (χ3v) is 9.25. The maximum Gasteiger partial charge on any atom is 0.319 e. The van der Waals surface area contributed by atoms with Crippen molar-refractivity contribution in [2.75, 3.05) is 45.2 Å². The Morgan fingerprint density at radius 3 is 2.71 bits per heavy atom. The highest BCUT2D eigenvalue weighted by Gasteiger charge is 2.45. The van der Waals surface area contributed by atoms with Gasteiger partial charge in [-0.25, -0.2) is 4.39 Å². The highest BCUT2D eigenvalue weighted by molar-refractivity contribution is 6.35. The first-order valence-corrected chi connectivity index (χ1v) is 14.7. The molecule has 1 saturated carbocycles. The van der Waals surface area contributed by atoms with Gasteiger partial charge >= 0.3 is 6.01 Å². The van der Waals surface area contributed by atoms with Gasteiger partial charge in [0, 0.05) is 47.6 Å². The predicted octanol–water partition coefficient (Wildman–Crippen LogP) is 6.00. The zero-order valence-electron chi connectivity index (χ0n) is 23.7. The number of anilines is 1. The van der Waals surface area contributed by atoms with Crippen LogP contribution in [0.25, 0.3) is 32.8 Å². The lowest BCUT2D eigenvalue weighted by atomic mass is 9.96. The summed E-state index contributed by atoms with van der Waals surface area (Å²) in [4.78, 5) is 14.0. The molecule has 3 aromatic carbocycles. The Morgan fingerprint density at radius 2 is 1.95 bits per heavy atom. The molecule has 2 atom stereocenters. The molecule has 2 saturated heterocycles. The molecule has 214 valence electrons. The number of piperazine rings is 1. The second-order valence-electron chi connectivity index (χ2n) is 12.8. The van der Waals surface area contributed by atoms with Crippen molar-refractivity contribution in [1.82, 2.24) is 20.2 Å². The molecule has 7 nitrogen and oxygen atoms in total. The van der Waals surface area contributed by atoms with Crippen LogP contribution in [0.5, 0.6) is 11.8 Å². The standard InChI is InChI=1S/C32H35ClFN5O2/c1-31-9-8-20(37-31)15-39(16-31)29-24-14-25(33)26(23-13-21(40)12-19-6-4-5-7-22(19)23)27(34)28(24)35-30(36-29)41-18-32(10-11-32)17-38(2)3/h4-7,12-14,20,37,40H,8-11,15-18H2,1-3H3/t20-,31-/m0/s1. The zero-order chi connectivity index (χ0) is 28.5. The van der Waals surface area contributed by atoms with Gasteiger partial charge in [0.2, 0.25) is 0 Å². The van der Waals surface area contributed by atoms with E-state index in [1.807, 2.05) is 24.3 Å². The number of rotatable bonds is 7. The highest BCUT2D eigenvalue weighted by Crippen LogP contribution is 2.47. The number of nitrogens with one attached hydrogen (secondary N) is 1. The minimum Gasteiger partial charge on any atom is -0.508 e. The number of benzene rings is 3. The summed E-state index contributed by atoms with van der Waals surface area (Å²) in [6, 6.07) is 13.1. The summed E-state index contributed by atoms with van der Waals surface area (Å²) in [6.45, 7) is 5.15. The average molecular weight is 576 g/mol. The van der Waals surface area contributed by atoms with Gasteiger partial charge in [0.05, 0.1) is 11.6 Å². The molecular formula is C32H35ClFN5O2. The van der Waals surface area contributed by atoms with Gasteiger partial charge in [0.15, 0.2) is 5.82 Å². The number of ether oxygens (including phenoxy) is 1. The second kappa shape index (κ2) is 9.68. The Hall–Kier alpha value is -3.20. The van der Waals surface area contributed by atoms with Crippen LogP contribution in [0.2, 0.25) is 5.02 Å². The topological polar surface area (TPSA) is 73.8 Å². The second-order valence-corrected chi connectivity index (χ2v) is 13.2. The molecule has 0 unspecified atom stereocenters. The van der Waals surface area contributed by atoms with E-state index in [1.54, 1.807) is 18.2 Å². The van der Waals surface area contributed by atoms with Crippen molar-refractivity contribution in [2.24, 2.45) is 5.41 Å². The van der Waals surface area contributed by atoms with E-state index in [1.165, 1.54) is 0 Å². The number of aromatic hydroxyl groups is 1. The number of nitrogens with zero attached hydrogens (tertiary/aromatic N) is 4. The molecule has 2 N–H and O–H groups in total. The van der Waals surface area contributed by atoms with Crippen LogP contribution in [0.1, 0.15) is 32.6 Å². The smallest absolute Gasteiger partial charge is 0.319 e. The van der Waals surface area contributed by atoms with Crippen LogP contribution in [0.3, 0.4) is 0 Å². The molecule has 9 heteroatoms. The minimum atomic E-state index is -0.546. The lowest BCUT2D eigenvalue weighted by molar-refractivity contribution is 0.183. The fraction of sp³-hybridized carbons (Fsp3) is 0.438. The summed E-state index contributed by atoms with van der Waals surface area (Å²) < 4.78 is 23.0. The number of hydrogen-bond donors (Lipinski definition) is 2. The molecule has 4 aromatic rings. The van der Waals surface area contributed by atoms with Crippen LogP contribution in [0.15, 0.2) is 42.5 Å². The molecule has 3 aliphatic rings. The van der Waals surface area contributed by atoms with Gasteiger partial charge in [-0.1, -0.05) is 35.9 Å². The summed E-state index contributed by atoms with van der Waals surface area (Å²) in [6.07, 6.45) is 4.35. The largest absolute Gasteiger partial charge is 0.508 e. The quantitative estimate of drug-likeness (QED) is 0.280. The Balaban J connectivity index is 1.38. The lowest BCUT2D eigenvalue weighted by Gasteiger charge is -2.40. The van der Waals surface area contributed by atoms with E-state index in [9.17, 15) is 5.11 Å². The van der Waals surface area contributed by atoms with Crippen molar-refractivity contribution in [3.63, 3.8) is 0 Å². The number of hydrogen-bond acceptors (Lipinski definition) is 7. The first-order chi connectivity index (χ1) is 19.6. The van der Waals surface area contributed by atoms with E-state index < -0.39 is 5.82 Å². The number of fused-ring (bicyclic) bond motifs is 4. The fourth-order valence-electron chi connectivity index (χ4n) is 6.93. The fourth-order valence-corrected chi connectivity index (χ4v) is 7.23. The molecule has 1 aromatic heterocycles. The van der Waals surface area contributed by atoms with E-state index >= 15 is 4.39 Å². The van der Waals surface area contributed by atoms with Gasteiger partial charge in [-0.05, 0) is 81.2 Å². The summed E-state index contributed by atoms with van der Waals surface area (Å²) in [5, 5.41) is 16.6. The Morgan fingerprint density at radius 1 is 1.15 bits per heavy atom. The first kappa shape index (κ1) is 26.7. The summed E-state index contributed by atoms with van der Waals surface area (Å²) >= 11 is 6.88. The van der Waals surface area contributed by atoms with Gasteiger partial charge in [-0.3, -0.25) is 0 Å². The van der Waals surface area contributed by atoms with Crippen molar-refractivity contribution in [3.05, 3.63) is 53.3 Å². The maximum absolute atomic E-state index is 16.8. The molecule has 2 aliphatic heterocycles. The first-order valence-electron chi connectivity index (χ1n) is 14.3. The summed E-state index contributed by atoms with van der Waals surface area (Å²) in [5.41, 5.74) is 0.940. The Kier molecular flexibility index (Phi) is 6.30. The van der Waals surface area contributed by atoms with Crippen LogP contribution in [0.4, 0.5) is 10.2 Å². The van der Waals surface area contributed by atoms with Gasteiger partial charge in [0.25, 0.3) is 0 Å². The number of halogens is 2. The van der Waals surface area contributed by atoms with Crippen LogP contribution in [-0.4, -0.2) is 71.9 Å². The predicted molar refractivity (Wildman–Crippen MR) is 162 cm³/mol. The van der Waals surface area contributed by atoms with Crippen LogP contribution >= 0.6 is 11.6 Å². The van der Waals surface area contributed by atoms with E-state index in [-0.39, 0.29) is 38.8 Å². The molecule has 3 fully saturated rings.